The fourth-order valence-corrected chi connectivity index (χ4v) is 3.57. The average Bonchev–Trinajstić information content (AvgIpc) is 2.50. The van der Waals surface area contributed by atoms with Crippen molar-refractivity contribution in [3.8, 4) is 0 Å². The molecule has 1 saturated heterocycles. The number of hydrogen-bond donors (Lipinski definition) is 1. The van der Waals surface area contributed by atoms with Crippen molar-refractivity contribution < 1.29 is 14.3 Å². The van der Waals surface area contributed by atoms with Crippen molar-refractivity contribution in [2.24, 2.45) is 0 Å². The van der Waals surface area contributed by atoms with Gasteiger partial charge < -0.3 is 15.0 Å². The highest BCUT2D eigenvalue weighted by Gasteiger charge is 2.55. The molecule has 21 heavy (non-hydrogen) atoms. The van der Waals surface area contributed by atoms with Crippen molar-refractivity contribution in [2.45, 2.75) is 69.9 Å². The molecule has 0 bridgehead atoms. The van der Waals surface area contributed by atoms with Crippen LogP contribution in [0.3, 0.4) is 0 Å². The first-order valence-corrected chi connectivity index (χ1v) is 8.14. The van der Waals surface area contributed by atoms with Crippen molar-refractivity contribution in [1.29, 1.82) is 0 Å². The van der Waals surface area contributed by atoms with Gasteiger partial charge in [0, 0.05) is 20.3 Å². The second-order valence-electron chi connectivity index (χ2n) is 6.53. The smallest absolute Gasteiger partial charge is 0.249 e. The van der Waals surface area contributed by atoms with Gasteiger partial charge >= 0.3 is 0 Å². The average molecular weight is 296 g/mol. The van der Waals surface area contributed by atoms with Gasteiger partial charge in [-0.25, -0.2) is 0 Å². The zero-order valence-electron chi connectivity index (χ0n) is 13.5. The van der Waals surface area contributed by atoms with Gasteiger partial charge in [-0.15, -0.1) is 0 Å². The van der Waals surface area contributed by atoms with Crippen molar-refractivity contribution in [3.05, 3.63) is 0 Å². The third-order valence-electron chi connectivity index (χ3n) is 5.22. The second kappa shape index (κ2) is 6.34. The van der Waals surface area contributed by atoms with Crippen LogP contribution in [-0.2, 0) is 14.3 Å². The standard InChI is InChI=1S/C16H28N2O3/c1-4-15(2)13(19)17-16(9-6-5-7-10-16)14(20)18(15)11-8-12-21-3/h4-12H2,1-3H3,(H,17,19). The Morgan fingerprint density at radius 1 is 1.24 bits per heavy atom. The Morgan fingerprint density at radius 3 is 2.48 bits per heavy atom. The van der Waals surface area contributed by atoms with Crippen LogP contribution in [0.15, 0.2) is 0 Å². The summed E-state index contributed by atoms with van der Waals surface area (Å²) < 4.78 is 5.10. The summed E-state index contributed by atoms with van der Waals surface area (Å²) in [5, 5.41) is 3.08. The summed E-state index contributed by atoms with van der Waals surface area (Å²) in [5.74, 6) is 0.117. The molecule has 0 aromatic rings. The summed E-state index contributed by atoms with van der Waals surface area (Å²) in [7, 11) is 1.66. The van der Waals surface area contributed by atoms with E-state index in [4.69, 9.17) is 4.74 Å². The zero-order valence-corrected chi connectivity index (χ0v) is 13.5. The van der Waals surface area contributed by atoms with E-state index < -0.39 is 11.1 Å². The van der Waals surface area contributed by atoms with Gasteiger partial charge in [0.2, 0.25) is 11.8 Å². The van der Waals surface area contributed by atoms with Gasteiger partial charge in [-0.05, 0) is 32.6 Å². The lowest BCUT2D eigenvalue weighted by molar-refractivity contribution is -0.164. The molecule has 0 aromatic heterocycles. The lowest BCUT2D eigenvalue weighted by atomic mass is 9.75. The van der Waals surface area contributed by atoms with Gasteiger partial charge in [0.1, 0.15) is 11.1 Å². The molecule has 0 aromatic carbocycles. The summed E-state index contributed by atoms with van der Waals surface area (Å²) >= 11 is 0. The van der Waals surface area contributed by atoms with Crippen LogP contribution in [0.5, 0.6) is 0 Å². The maximum Gasteiger partial charge on any atom is 0.249 e. The molecule has 120 valence electrons. The minimum absolute atomic E-state index is 0.00363. The predicted molar refractivity (Wildman–Crippen MR) is 80.9 cm³/mol. The molecule has 2 aliphatic rings. The third kappa shape index (κ3) is 2.80. The molecule has 1 aliphatic carbocycles. The van der Waals surface area contributed by atoms with Crippen LogP contribution in [0.25, 0.3) is 0 Å². The number of methoxy groups -OCH3 is 1. The summed E-state index contributed by atoms with van der Waals surface area (Å²) in [5.41, 5.74) is -1.37. The monoisotopic (exact) mass is 296 g/mol. The van der Waals surface area contributed by atoms with Gasteiger partial charge in [0.05, 0.1) is 0 Å². The van der Waals surface area contributed by atoms with Gasteiger partial charge in [-0.2, -0.15) is 0 Å². The molecule has 1 saturated carbocycles. The maximum atomic E-state index is 13.1. The van der Waals surface area contributed by atoms with Crippen molar-refractivity contribution in [3.63, 3.8) is 0 Å². The second-order valence-corrected chi connectivity index (χ2v) is 6.53. The van der Waals surface area contributed by atoms with Crippen LogP contribution in [-0.4, -0.2) is 48.1 Å². The van der Waals surface area contributed by atoms with Crippen LogP contribution in [0.4, 0.5) is 0 Å². The Labute approximate surface area is 127 Å². The number of nitrogens with one attached hydrogen (secondary N) is 1. The molecule has 5 heteroatoms. The van der Waals surface area contributed by atoms with Gasteiger partial charge in [-0.1, -0.05) is 26.2 Å². The van der Waals surface area contributed by atoms with Crippen LogP contribution < -0.4 is 5.32 Å². The first kappa shape index (κ1) is 16.3. The Kier molecular flexibility index (Phi) is 4.91. The maximum absolute atomic E-state index is 13.1. The van der Waals surface area contributed by atoms with E-state index in [1.807, 2.05) is 18.7 Å². The quantitative estimate of drug-likeness (QED) is 0.788. The largest absolute Gasteiger partial charge is 0.385 e. The zero-order chi connectivity index (χ0) is 15.5. The van der Waals surface area contributed by atoms with Crippen LogP contribution in [0.1, 0.15) is 58.8 Å². The molecule has 1 aliphatic heterocycles. The molecular weight excluding hydrogens is 268 g/mol. The molecule has 1 N–H and O–H groups in total. The Morgan fingerprint density at radius 2 is 1.90 bits per heavy atom. The Balaban J connectivity index is 2.25. The molecule has 1 spiro atoms. The number of amides is 2. The minimum atomic E-state index is -0.729. The van der Waals surface area contributed by atoms with E-state index in [9.17, 15) is 9.59 Å². The Hall–Kier alpha value is -1.10. The molecular formula is C16H28N2O3. The van der Waals surface area contributed by atoms with Gasteiger partial charge in [0.25, 0.3) is 0 Å². The van der Waals surface area contributed by atoms with Crippen LogP contribution in [0, 0.1) is 0 Å². The molecule has 2 fully saturated rings. The number of hydrogen-bond acceptors (Lipinski definition) is 3. The van der Waals surface area contributed by atoms with E-state index in [0.29, 0.717) is 19.6 Å². The summed E-state index contributed by atoms with van der Waals surface area (Å²) in [6, 6.07) is 0. The number of carbonyl (C=O) groups is 2. The molecule has 1 heterocycles. The fourth-order valence-electron chi connectivity index (χ4n) is 3.57. The highest BCUT2D eigenvalue weighted by molar-refractivity contribution is 6.02. The van der Waals surface area contributed by atoms with E-state index in [1.165, 1.54) is 0 Å². The molecule has 1 unspecified atom stereocenters. The number of rotatable bonds is 5. The molecule has 1 atom stereocenters. The first-order valence-electron chi connectivity index (χ1n) is 8.14. The van der Waals surface area contributed by atoms with Crippen LogP contribution in [0.2, 0.25) is 0 Å². The van der Waals surface area contributed by atoms with E-state index in [2.05, 4.69) is 5.32 Å². The van der Waals surface area contributed by atoms with E-state index in [-0.39, 0.29) is 11.8 Å². The molecule has 2 amide bonds. The van der Waals surface area contributed by atoms with Gasteiger partial charge in [0.15, 0.2) is 0 Å². The normalized spacial score (nSPS) is 28.8. The number of ether oxygens (including phenoxy) is 1. The summed E-state index contributed by atoms with van der Waals surface area (Å²) in [4.78, 5) is 27.6. The Bertz CT molecular complexity index is 404. The number of piperazine rings is 1. The van der Waals surface area contributed by atoms with E-state index >= 15 is 0 Å². The van der Waals surface area contributed by atoms with E-state index in [0.717, 1.165) is 38.5 Å². The van der Waals surface area contributed by atoms with Crippen molar-refractivity contribution in [1.82, 2.24) is 10.2 Å². The summed E-state index contributed by atoms with van der Waals surface area (Å²) in [6.07, 6.45) is 6.13. The molecule has 0 radical (unpaired) electrons. The molecule has 2 rings (SSSR count). The lowest BCUT2D eigenvalue weighted by Crippen LogP contribution is -2.75. The topological polar surface area (TPSA) is 58.6 Å². The fraction of sp³-hybridized carbons (Fsp3) is 0.875. The van der Waals surface area contributed by atoms with Gasteiger partial charge in [-0.3, -0.25) is 9.59 Å². The number of carbonyl (C=O) groups excluding carboxylic acids is 2. The first-order chi connectivity index (χ1) is 10.00. The van der Waals surface area contributed by atoms with Crippen molar-refractivity contribution in [2.75, 3.05) is 20.3 Å². The highest BCUT2D eigenvalue weighted by atomic mass is 16.5. The third-order valence-corrected chi connectivity index (χ3v) is 5.22. The number of nitrogens with zero attached hydrogens (tertiary/aromatic N) is 1. The van der Waals surface area contributed by atoms with E-state index in [1.54, 1.807) is 7.11 Å². The molecule has 5 nitrogen and oxygen atoms in total. The van der Waals surface area contributed by atoms with Crippen molar-refractivity contribution >= 4 is 11.8 Å². The minimum Gasteiger partial charge on any atom is -0.385 e. The SMILES string of the molecule is CCC1(C)C(=O)NC2(CCCCC2)C(=O)N1CCCOC. The summed E-state index contributed by atoms with van der Waals surface area (Å²) in [6.45, 7) is 5.04. The highest BCUT2D eigenvalue weighted by Crippen LogP contribution is 2.37. The lowest BCUT2D eigenvalue weighted by Gasteiger charge is -2.52. The van der Waals surface area contributed by atoms with Crippen LogP contribution >= 0.6 is 0 Å². The predicted octanol–water partition coefficient (Wildman–Crippen LogP) is 1.85.